The van der Waals surface area contributed by atoms with Gasteiger partial charge in [0.25, 0.3) is 5.91 Å². The second kappa shape index (κ2) is 7.23. The van der Waals surface area contributed by atoms with E-state index in [1.54, 1.807) is 30.3 Å². The molecule has 1 heterocycles. The van der Waals surface area contributed by atoms with E-state index in [1.807, 2.05) is 0 Å². The van der Waals surface area contributed by atoms with Crippen LogP contribution in [0.2, 0.25) is 0 Å². The summed E-state index contributed by atoms with van der Waals surface area (Å²) in [6.45, 7) is 0.797. The van der Waals surface area contributed by atoms with Crippen LogP contribution in [0, 0.1) is 5.82 Å². The lowest BCUT2D eigenvalue weighted by atomic mass is 10.1. The number of carbonyl (C=O) groups excluding carboxylic acids is 1. The lowest BCUT2D eigenvalue weighted by Gasteiger charge is -2.34. The largest absolute Gasteiger partial charge is 0.336 e. The van der Waals surface area contributed by atoms with Crippen LogP contribution in [0.4, 0.5) is 4.39 Å². The molecule has 0 unspecified atom stereocenters. The lowest BCUT2D eigenvalue weighted by Crippen LogP contribution is -2.50. The Labute approximate surface area is 154 Å². The minimum Gasteiger partial charge on any atom is -0.336 e. The summed E-state index contributed by atoms with van der Waals surface area (Å²) in [4.78, 5) is 14.2. The van der Waals surface area contributed by atoms with E-state index in [2.05, 4.69) is 15.9 Å². The number of nitrogens with zero attached hydrogens (tertiary/aromatic N) is 2. The van der Waals surface area contributed by atoms with Gasteiger partial charge in [-0.25, -0.2) is 12.8 Å². The van der Waals surface area contributed by atoms with Crippen LogP contribution in [0.1, 0.15) is 10.4 Å². The molecule has 5 nitrogen and oxygen atoms in total. The Kier molecular flexibility index (Phi) is 5.21. The van der Waals surface area contributed by atoms with E-state index in [-0.39, 0.29) is 36.6 Å². The van der Waals surface area contributed by atoms with Crippen molar-refractivity contribution in [3.63, 3.8) is 0 Å². The number of amides is 1. The van der Waals surface area contributed by atoms with Gasteiger partial charge in [0.1, 0.15) is 5.82 Å². The molecule has 2 aromatic rings. The van der Waals surface area contributed by atoms with Crippen LogP contribution in [-0.2, 0) is 10.0 Å². The molecule has 0 aromatic heterocycles. The summed E-state index contributed by atoms with van der Waals surface area (Å²) in [6.07, 6.45) is 0. The van der Waals surface area contributed by atoms with Gasteiger partial charge in [-0.2, -0.15) is 4.31 Å². The second-order valence-corrected chi connectivity index (χ2v) is 8.49. The Morgan fingerprint density at radius 1 is 1.00 bits per heavy atom. The van der Waals surface area contributed by atoms with E-state index >= 15 is 0 Å². The van der Waals surface area contributed by atoms with Gasteiger partial charge in [-0.05, 0) is 30.3 Å². The third-order valence-electron chi connectivity index (χ3n) is 4.07. The predicted molar refractivity (Wildman–Crippen MR) is 95.2 cm³/mol. The first-order chi connectivity index (χ1) is 11.9. The molecule has 8 heteroatoms. The zero-order valence-corrected chi connectivity index (χ0v) is 15.6. The van der Waals surface area contributed by atoms with Crippen LogP contribution in [-0.4, -0.2) is 49.7 Å². The molecule has 25 heavy (non-hydrogen) atoms. The highest BCUT2D eigenvalue weighted by Crippen LogP contribution is 2.20. The molecule has 3 rings (SSSR count). The Balaban J connectivity index is 1.72. The molecular formula is C17H16BrFN2O3S. The molecule has 0 radical (unpaired) electrons. The van der Waals surface area contributed by atoms with E-state index in [0.717, 1.165) is 0 Å². The Hall–Kier alpha value is -1.77. The first-order valence-corrected chi connectivity index (χ1v) is 9.92. The zero-order chi connectivity index (χ0) is 18.0. The van der Waals surface area contributed by atoms with Crippen molar-refractivity contribution in [2.24, 2.45) is 0 Å². The highest BCUT2D eigenvalue weighted by molar-refractivity contribution is 9.10. The van der Waals surface area contributed by atoms with Gasteiger partial charge < -0.3 is 4.90 Å². The maximum absolute atomic E-state index is 13.9. The highest BCUT2D eigenvalue weighted by atomic mass is 79.9. The summed E-state index contributed by atoms with van der Waals surface area (Å²) in [6, 6.07) is 12.4. The zero-order valence-electron chi connectivity index (χ0n) is 13.2. The number of halogens is 2. The van der Waals surface area contributed by atoms with Gasteiger partial charge in [0.05, 0.1) is 10.5 Å². The van der Waals surface area contributed by atoms with Crippen molar-refractivity contribution >= 4 is 31.9 Å². The molecular weight excluding hydrogens is 411 g/mol. The van der Waals surface area contributed by atoms with Gasteiger partial charge in [0, 0.05) is 30.7 Å². The molecule has 1 saturated heterocycles. The smallest absolute Gasteiger partial charge is 0.256 e. The van der Waals surface area contributed by atoms with Gasteiger partial charge >= 0.3 is 0 Å². The standard InChI is InChI=1S/C17H16BrFN2O3S/c18-13-6-7-16(19)15(12-13)17(22)20-8-10-21(11-9-20)25(23,24)14-4-2-1-3-5-14/h1-7,12H,8-11H2. The number of hydrogen-bond donors (Lipinski definition) is 0. The summed E-state index contributed by atoms with van der Waals surface area (Å²) in [5.41, 5.74) is -0.0197. The Morgan fingerprint density at radius 2 is 1.64 bits per heavy atom. The van der Waals surface area contributed by atoms with Crippen molar-refractivity contribution < 1.29 is 17.6 Å². The number of hydrogen-bond acceptors (Lipinski definition) is 3. The van der Waals surface area contributed by atoms with Crippen LogP contribution < -0.4 is 0 Å². The highest BCUT2D eigenvalue weighted by Gasteiger charge is 2.31. The molecule has 1 amide bonds. The fourth-order valence-corrected chi connectivity index (χ4v) is 4.51. The van der Waals surface area contributed by atoms with Crippen LogP contribution in [0.5, 0.6) is 0 Å². The van der Waals surface area contributed by atoms with Gasteiger partial charge in [0.2, 0.25) is 10.0 Å². The normalized spacial score (nSPS) is 16.0. The molecule has 1 aliphatic heterocycles. The SMILES string of the molecule is O=C(c1cc(Br)ccc1F)N1CCN(S(=O)(=O)c2ccccc2)CC1. The summed E-state index contributed by atoms with van der Waals surface area (Å²) in [5, 5.41) is 0. The van der Waals surface area contributed by atoms with Crippen LogP contribution in [0.3, 0.4) is 0 Å². The van der Waals surface area contributed by atoms with Crippen molar-refractivity contribution in [3.8, 4) is 0 Å². The Bertz CT molecular complexity index is 882. The van der Waals surface area contributed by atoms with E-state index in [0.29, 0.717) is 4.47 Å². The van der Waals surface area contributed by atoms with E-state index in [9.17, 15) is 17.6 Å². The van der Waals surface area contributed by atoms with E-state index < -0.39 is 21.7 Å². The summed E-state index contributed by atoms with van der Waals surface area (Å²) < 4.78 is 41.0. The molecule has 0 spiro atoms. The number of rotatable bonds is 3. The average molecular weight is 427 g/mol. The first-order valence-electron chi connectivity index (χ1n) is 7.69. The third-order valence-corrected chi connectivity index (χ3v) is 6.47. The van der Waals surface area contributed by atoms with Crippen molar-refractivity contribution in [3.05, 3.63) is 64.4 Å². The Morgan fingerprint density at radius 3 is 2.28 bits per heavy atom. The number of piperazine rings is 1. The minimum atomic E-state index is -3.58. The molecule has 1 fully saturated rings. The van der Waals surface area contributed by atoms with Gasteiger partial charge in [-0.15, -0.1) is 0 Å². The monoisotopic (exact) mass is 426 g/mol. The molecule has 0 atom stereocenters. The summed E-state index contributed by atoms with van der Waals surface area (Å²) >= 11 is 3.23. The molecule has 1 aliphatic rings. The van der Waals surface area contributed by atoms with Crippen LogP contribution in [0.15, 0.2) is 57.9 Å². The average Bonchev–Trinajstić information content (AvgIpc) is 2.64. The fourth-order valence-electron chi connectivity index (χ4n) is 2.70. The maximum atomic E-state index is 13.9. The van der Waals surface area contributed by atoms with Gasteiger partial charge in [0.15, 0.2) is 0 Å². The molecule has 0 N–H and O–H groups in total. The lowest BCUT2D eigenvalue weighted by molar-refractivity contribution is 0.0693. The van der Waals surface area contributed by atoms with Gasteiger partial charge in [-0.3, -0.25) is 4.79 Å². The third kappa shape index (κ3) is 3.75. The van der Waals surface area contributed by atoms with Crippen molar-refractivity contribution in [2.45, 2.75) is 4.90 Å². The summed E-state index contributed by atoms with van der Waals surface area (Å²) in [5.74, 6) is -1.02. The molecule has 0 saturated carbocycles. The molecule has 2 aromatic carbocycles. The quantitative estimate of drug-likeness (QED) is 0.757. The number of sulfonamides is 1. The van der Waals surface area contributed by atoms with Crippen LogP contribution in [0.25, 0.3) is 0 Å². The van der Waals surface area contributed by atoms with Crippen molar-refractivity contribution in [1.29, 1.82) is 0 Å². The van der Waals surface area contributed by atoms with E-state index in [4.69, 9.17) is 0 Å². The summed E-state index contributed by atoms with van der Waals surface area (Å²) in [7, 11) is -3.58. The van der Waals surface area contributed by atoms with E-state index in [1.165, 1.54) is 27.4 Å². The van der Waals surface area contributed by atoms with Gasteiger partial charge in [-0.1, -0.05) is 34.1 Å². The van der Waals surface area contributed by atoms with Crippen LogP contribution >= 0.6 is 15.9 Å². The number of benzene rings is 2. The van der Waals surface area contributed by atoms with Crippen molar-refractivity contribution in [1.82, 2.24) is 9.21 Å². The minimum absolute atomic E-state index is 0.0197. The topological polar surface area (TPSA) is 57.7 Å². The fraction of sp³-hybridized carbons (Fsp3) is 0.235. The second-order valence-electron chi connectivity index (χ2n) is 5.63. The number of carbonyl (C=O) groups is 1. The maximum Gasteiger partial charge on any atom is 0.256 e. The van der Waals surface area contributed by atoms with Crippen molar-refractivity contribution in [2.75, 3.05) is 26.2 Å². The molecule has 0 bridgehead atoms. The molecule has 0 aliphatic carbocycles. The first kappa shape index (κ1) is 18.0. The predicted octanol–water partition coefficient (Wildman–Crippen LogP) is 2.73. The molecule has 132 valence electrons.